The monoisotopic (exact) mass is 268 g/mol. The van der Waals surface area contributed by atoms with Crippen LogP contribution in [0.2, 0.25) is 0 Å². The van der Waals surface area contributed by atoms with Crippen LogP contribution in [0, 0.1) is 0 Å². The van der Waals surface area contributed by atoms with Crippen molar-refractivity contribution in [3.8, 4) is 0 Å². The molecule has 0 aliphatic carbocycles. The Bertz CT molecular complexity index is 185. The smallest absolute Gasteiger partial charge is 0.240 e. The van der Waals surface area contributed by atoms with Crippen molar-refractivity contribution in [2.24, 2.45) is 0 Å². The second-order valence-corrected chi connectivity index (χ2v) is 4.48. The van der Waals surface area contributed by atoms with Gasteiger partial charge in [0, 0.05) is 6.42 Å². The van der Waals surface area contributed by atoms with Crippen molar-refractivity contribution in [3.05, 3.63) is 0 Å². The fourth-order valence-electron chi connectivity index (χ4n) is 1.19. The summed E-state index contributed by atoms with van der Waals surface area (Å²) in [7, 11) is 1.12. The largest absolute Gasteiger partial charge is 0.389 e. The van der Waals surface area contributed by atoms with E-state index in [4.69, 9.17) is 0 Å². The third-order valence-electron chi connectivity index (χ3n) is 2.09. The van der Waals surface area contributed by atoms with Gasteiger partial charge < -0.3 is 0 Å². The molecule has 0 aliphatic rings. The molecule has 0 N–H and O–H groups in total. The van der Waals surface area contributed by atoms with Crippen molar-refractivity contribution < 1.29 is 26.3 Å². The predicted octanol–water partition coefficient (Wildman–Crippen LogP) is 4.70. The van der Waals surface area contributed by atoms with Crippen molar-refractivity contribution in [1.29, 1.82) is 0 Å². The molecule has 0 bridgehead atoms. The van der Waals surface area contributed by atoms with Crippen LogP contribution >= 0.6 is 9.24 Å². The predicted molar refractivity (Wildman–Crippen MR) is 53.3 cm³/mol. The summed E-state index contributed by atoms with van der Waals surface area (Å²) >= 11 is 0. The number of unbranched alkanes of at least 4 members (excludes halogenated alkanes) is 3. The molecule has 0 fully saturated rings. The molecule has 0 nitrogen and oxygen atoms in total. The van der Waals surface area contributed by atoms with E-state index in [2.05, 4.69) is 0 Å². The van der Waals surface area contributed by atoms with Crippen molar-refractivity contribution in [2.45, 2.75) is 56.5 Å². The minimum absolute atomic E-state index is 0.0300. The highest BCUT2D eigenvalue weighted by molar-refractivity contribution is 7.18. The second kappa shape index (κ2) is 6.67. The van der Waals surface area contributed by atoms with Gasteiger partial charge in [-0.1, -0.05) is 28.5 Å². The highest BCUT2D eigenvalue weighted by Crippen LogP contribution is 2.32. The molecule has 0 radical (unpaired) electrons. The lowest BCUT2D eigenvalue weighted by atomic mass is 10.1. The van der Waals surface area contributed by atoms with E-state index < -0.39 is 24.4 Å². The van der Waals surface area contributed by atoms with Crippen LogP contribution in [0.4, 0.5) is 26.3 Å². The minimum Gasteiger partial charge on any atom is -0.240 e. The van der Waals surface area contributed by atoms with Crippen molar-refractivity contribution in [3.63, 3.8) is 0 Å². The maximum atomic E-state index is 12.7. The minimum atomic E-state index is -4.17. The Balaban J connectivity index is 3.41. The molecule has 0 rings (SSSR count). The van der Waals surface area contributed by atoms with E-state index in [0.29, 0.717) is 6.42 Å². The first-order chi connectivity index (χ1) is 7.13. The van der Waals surface area contributed by atoms with Crippen LogP contribution in [0.1, 0.15) is 38.5 Å². The van der Waals surface area contributed by atoms with Gasteiger partial charge in [0.05, 0.1) is 0 Å². The summed E-state index contributed by atoms with van der Waals surface area (Å²) in [5.41, 5.74) is -3.44. The van der Waals surface area contributed by atoms with Gasteiger partial charge in [-0.2, -0.15) is 22.0 Å². The maximum Gasteiger partial charge on any atom is 0.389 e. The summed E-state index contributed by atoms with van der Waals surface area (Å²) in [6.45, 7) is 0. The molecule has 0 spiro atoms. The molecule has 2 atom stereocenters. The van der Waals surface area contributed by atoms with E-state index in [1.165, 1.54) is 0 Å². The lowest BCUT2D eigenvalue weighted by Crippen LogP contribution is -2.22. The molecule has 7 heteroatoms. The first-order valence-electron chi connectivity index (χ1n) is 5.00. The summed E-state index contributed by atoms with van der Waals surface area (Å²) in [5, 5.41) is 0. The van der Waals surface area contributed by atoms with Crippen LogP contribution in [-0.2, 0) is 0 Å². The van der Waals surface area contributed by atoms with Gasteiger partial charge in [-0.05, 0) is 12.8 Å². The SMILES string of the molecule is FC(CCCCCCC(F)(F)F)C(F)(F)P. The van der Waals surface area contributed by atoms with Gasteiger partial charge in [0.2, 0.25) is 0 Å². The number of rotatable bonds is 7. The normalized spacial score (nSPS) is 15.2. The van der Waals surface area contributed by atoms with Crippen LogP contribution in [0.15, 0.2) is 0 Å². The zero-order chi connectivity index (χ0) is 12.8. The quantitative estimate of drug-likeness (QED) is 0.357. The third kappa shape index (κ3) is 9.25. The number of hydrogen-bond acceptors (Lipinski definition) is 0. The van der Waals surface area contributed by atoms with Crippen molar-refractivity contribution in [2.75, 3.05) is 0 Å². The lowest BCUT2D eigenvalue weighted by Gasteiger charge is -2.15. The Kier molecular flexibility index (Phi) is 6.68. The topological polar surface area (TPSA) is 0 Å². The molecule has 0 aromatic rings. The average Bonchev–Trinajstić information content (AvgIpc) is 2.07. The molecule has 0 amide bonds. The molecule has 98 valence electrons. The maximum absolute atomic E-state index is 12.7. The summed E-state index contributed by atoms with van der Waals surface area (Å²) in [6, 6.07) is 0. The molecule has 16 heavy (non-hydrogen) atoms. The summed E-state index contributed by atoms with van der Waals surface area (Å²) in [5.74, 6) is 0. The van der Waals surface area contributed by atoms with Gasteiger partial charge in [0.25, 0.3) is 5.66 Å². The van der Waals surface area contributed by atoms with Crippen LogP contribution < -0.4 is 0 Å². The Morgan fingerprint density at radius 1 is 0.875 bits per heavy atom. The molecule has 0 aromatic heterocycles. The van der Waals surface area contributed by atoms with E-state index in [1.54, 1.807) is 0 Å². The van der Waals surface area contributed by atoms with Gasteiger partial charge >= 0.3 is 6.18 Å². The molecule has 0 saturated heterocycles. The Labute approximate surface area is 93.0 Å². The Morgan fingerprint density at radius 2 is 1.38 bits per heavy atom. The molecule has 0 aliphatic heterocycles. The Hall–Kier alpha value is 0.01000. The third-order valence-corrected chi connectivity index (χ3v) is 2.45. The van der Waals surface area contributed by atoms with Crippen molar-refractivity contribution >= 4 is 9.24 Å². The summed E-state index contributed by atoms with van der Waals surface area (Å²) in [6.07, 6.45) is -6.81. The van der Waals surface area contributed by atoms with E-state index in [-0.39, 0.29) is 25.7 Å². The van der Waals surface area contributed by atoms with E-state index in [0.717, 1.165) is 9.24 Å². The second-order valence-electron chi connectivity index (χ2n) is 3.71. The number of halogens is 6. The molecular formula is C9H15F6P. The van der Waals surface area contributed by atoms with Gasteiger partial charge in [-0.15, -0.1) is 0 Å². The lowest BCUT2D eigenvalue weighted by molar-refractivity contribution is -0.135. The van der Waals surface area contributed by atoms with E-state index in [9.17, 15) is 26.3 Å². The fourth-order valence-corrected chi connectivity index (χ4v) is 1.36. The number of alkyl halides is 6. The van der Waals surface area contributed by atoms with Gasteiger partial charge in [-0.3, -0.25) is 0 Å². The van der Waals surface area contributed by atoms with Gasteiger partial charge in [0.15, 0.2) is 6.17 Å². The fraction of sp³-hybridized carbons (Fsp3) is 1.00. The molecule has 0 saturated carbocycles. The highest BCUT2D eigenvalue weighted by Gasteiger charge is 2.33. The van der Waals surface area contributed by atoms with Crippen LogP contribution in [0.25, 0.3) is 0 Å². The van der Waals surface area contributed by atoms with Crippen molar-refractivity contribution in [1.82, 2.24) is 0 Å². The summed E-state index contributed by atoms with van der Waals surface area (Å²) < 4.78 is 72.3. The molecule has 0 heterocycles. The average molecular weight is 268 g/mol. The molecule has 2 unspecified atom stereocenters. The molecule has 0 aromatic carbocycles. The standard InChI is InChI=1S/C9H15F6P/c10-7(9(14,15)16)5-3-1-2-4-6-8(11,12)13/h7H,1-6,16H2. The van der Waals surface area contributed by atoms with Crippen LogP contribution in [0.5, 0.6) is 0 Å². The van der Waals surface area contributed by atoms with Crippen LogP contribution in [-0.4, -0.2) is 18.0 Å². The van der Waals surface area contributed by atoms with Gasteiger partial charge in [0.1, 0.15) is 0 Å². The van der Waals surface area contributed by atoms with E-state index in [1.807, 2.05) is 0 Å². The van der Waals surface area contributed by atoms with Crippen LogP contribution in [0.3, 0.4) is 0 Å². The first-order valence-corrected chi connectivity index (χ1v) is 5.58. The zero-order valence-electron chi connectivity index (χ0n) is 8.67. The molecular weight excluding hydrogens is 253 g/mol. The zero-order valence-corrected chi connectivity index (χ0v) is 9.82. The highest BCUT2D eigenvalue weighted by atomic mass is 31.0. The first kappa shape index (κ1) is 16.0. The Morgan fingerprint density at radius 3 is 1.81 bits per heavy atom. The van der Waals surface area contributed by atoms with E-state index >= 15 is 0 Å². The van der Waals surface area contributed by atoms with Gasteiger partial charge in [-0.25, -0.2) is 4.39 Å². The summed E-state index contributed by atoms with van der Waals surface area (Å²) in [4.78, 5) is 0. The number of hydrogen-bond donors (Lipinski definition) is 0.